The Labute approximate surface area is 184 Å². The van der Waals surface area contributed by atoms with Crippen LogP contribution in [0.4, 0.5) is 5.69 Å². The molecule has 0 aliphatic carbocycles. The Morgan fingerprint density at radius 1 is 1.13 bits per heavy atom. The van der Waals surface area contributed by atoms with Crippen molar-refractivity contribution in [3.05, 3.63) is 41.8 Å². The molecule has 160 valence electrons. The number of amides is 1. The predicted molar refractivity (Wildman–Crippen MR) is 120 cm³/mol. The summed E-state index contributed by atoms with van der Waals surface area (Å²) < 4.78 is 28.8. The lowest BCUT2D eigenvalue weighted by atomic mass is 10.3. The van der Waals surface area contributed by atoms with E-state index in [0.717, 1.165) is 10.7 Å². The van der Waals surface area contributed by atoms with Crippen molar-refractivity contribution in [3.8, 4) is 10.7 Å². The highest BCUT2D eigenvalue weighted by atomic mass is 32.2. The summed E-state index contributed by atoms with van der Waals surface area (Å²) in [6, 6.07) is 9.80. The van der Waals surface area contributed by atoms with Gasteiger partial charge in [0, 0.05) is 18.8 Å². The normalized spacial score (nSPS) is 12.8. The summed E-state index contributed by atoms with van der Waals surface area (Å²) in [7, 11) is -1.70. The third-order valence-electron chi connectivity index (χ3n) is 4.05. The molecule has 1 atom stereocenters. The number of sulfonamides is 1. The number of nitrogens with zero attached hydrogens (tertiary/aromatic N) is 3. The van der Waals surface area contributed by atoms with E-state index in [9.17, 15) is 13.2 Å². The molecule has 30 heavy (non-hydrogen) atoms. The van der Waals surface area contributed by atoms with Gasteiger partial charge in [0.15, 0.2) is 11.0 Å². The number of carbonyl (C=O) groups excluding carboxylic acids is 1. The topological polar surface area (TPSA) is 106 Å². The molecule has 0 spiro atoms. The molecule has 0 radical (unpaired) electrons. The Balaban J connectivity index is 1.64. The molecule has 0 fully saturated rings. The van der Waals surface area contributed by atoms with E-state index >= 15 is 0 Å². The molecule has 1 amide bonds. The van der Waals surface area contributed by atoms with Gasteiger partial charge in [0.1, 0.15) is 0 Å². The second-order valence-electron chi connectivity index (χ2n) is 6.89. The maximum atomic E-state index is 12.6. The maximum Gasteiger partial charge on any atom is 0.240 e. The van der Waals surface area contributed by atoms with Crippen LogP contribution < -0.4 is 10.0 Å². The largest absolute Gasteiger partial charge is 0.325 e. The number of anilines is 1. The van der Waals surface area contributed by atoms with E-state index < -0.39 is 15.3 Å². The SMILES string of the molecule is CC(C)NS(=O)(=O)c1ccc(NC(=O)C(C)Sc2nnc(-c3cccs3)n2C)cc1. The van der Waals surface area contributed by atoms with Gasteiger partial charge in [-0.3, -0.25) is 4.79 Å². The smallest absolute Gasteiger partial charge is 0.240 e. The summed E-state index contributed by atoms with van der Waals surface area (Å²) >= 11 is 2.88. The average Bonchev–Trinajstić information content (AvgIpc) is 3.31. The first-order chi connectivity index (χ1) is 14.2. The van der Waals surface area contributed by atoms with Crippen LogP contribution in [0.3, 0.4) is 0 Å². The van der Waals surface area contributed by atoms with Crippen molar-refractivity contribution < 1.29 is 13.2 Å². The summed E-state index contributed by atoms with van der Waals surface area (Å²) in [5.41, 5.74) is 0.521. The molecule has 0 saturated heterocycles. The van der Waals surface area contributed by atoms with Crippen molar-refractivity contribution in [2.24, 2.45) is 7.05 Å². The van der Waals surface area contributed by atoms with Crippen LogP contribution in [0.25, 0.3) is 10.7 Å². The van der Waals surface area contributed by atoms with Crippen LogP contribution in [-0.4, -0.2) is 40.4 Å². The van der Waals surface area contributed by atoms with E-state index in [4.69, 9.17) is 0 Å². The van der Waals surface area contributed by atoms with E-state index in [2.05, 4.69) is 20.2 Å². The minimum Gasteiger partial charge on any atom is -0.325 e. The molecule has 1 aromatic carbocycles. The Morgan fingerprint density at radius 2 is 1.83 bits per heavy atom. The van der Waals surface area contributed by atoms with Crippen molar-refractivity contribution in [1.29, 1.82) is 0 Å². The molecule has 0 aliphatic rings. The Morgan fingerprint density at radius 3 is 2.43 bits per heavy atom. The van der Waals surface area contributed by atoms with Crippen LogP contribution in [0.2, 0.25) is 0 Å². The molecule has 0 aliphatic heterocycles. The molecule has 11 heteroatoms. The number of thiophene rings is 1. The van der Waals surface area contributed by atoms with Crippen LogP contribution in [0.15, 0.2) is 51.8 Å². The monoisotopic (exact) mass is 465 g/mol. The molecule has 3 rings (SSSR count). The first kappa shape index (κ1) is 22.5. The summed E-state index contributed by atoms with van der Waals surface area (Å²) in [4.78, 5) is 13.7. The van der Waals surface area contributed by atoms with Crippen molar-refractivity contribution >= 4 is 44.7 Å². The molecule has 8 nitrogen and oxygen atoms in total. The van der Waals surface area contributed by atoms with Crippen LogP contribution in [0.1, 0.15) is 20.8 Å². The molecule has 2 N–H and O–H groups in total. The van der Waals surface area contributed by atoms with Gasteiger partial charge < -0.3 is 9.88 Å². The zero-order valence-corrected chi connectivity index (χ0v) is 19.4. The summed E-state index contributed by atoms with van der Waals surface area (Å²) in [6.07, 6.45) is 0. The lowest BCUT2D eigenvalue weighted by Crippen LogP contribution is -2.30. The van der Waals surface area contributed by atoms with Gasteiger partial charge in [0.25, 0.3) is 0 Å². The third-order valence-corrected chi connectivity index (χ3v) is 7.73. The van der Waals surface area contributed by atoms with Gasteiger partial charge in [-0.05, 0) is 56.5 Å². The standard InChI is InChI=1S/C19H23N5O3S3/c1-12(2)23-30(26,27)15-9-7-14(8-10-15)20-18(25)13(3)29-19-22-21-17(24(19)4)16-6-5-11-28-16/h5-13,23H,1-4H3,(H,20,25). The van der Waals surface area contributed by atoms with Gasteiger partial charge in [-0.25, -0.2) is 13.1 Å². The van der Waals surface area contributed by atoms with Crippen LogP contribution in [0, 0.1) is 0 Å². The summed E-state index contributed by atoms with van der Waals surface area (Å²) in [5.74, 6) is 0.545. The number of hydrogen-bond acceptors (Lipinski definition) is 7. The molecule has 0 bridgehead atoms. The van der Waals surface area contributed by atoms with E-state index in [1.165, 1.54) is 23.9 Å². The average molecular weight is 466 g/mol. The Hall–Kier alpha value is -2.21. The van der Waals surface area contributed by atoms with Gasteiger partial charge in [-0.2, -0.15) is 0 Å². The molecule has 2 heterocycles. The van der Waals surface area contributed by atoms with E-state index in [-0.39, 0.29) is 16.8 Å². The quantitative estimate of drug-likeness (QED) is 0.494. The maximum absolute atomic E-state index is 12.6. The summed E-state index contributed by atoms with van der Waals surface area (Å²) in [6.45, 7) is 5.29. The second-order valence-corrected chi connectivity index (χ2v) is 10.9. The van der Waals surface area contributed by atoms with Gasteiger partial charge in [-0.15, -0.1) is 21.5 Å². The minimum absolute atomic E-state index is 0.150. The van der Waals surface area contributed by atoms with Crippen LogP contribution in [0.5, 0.6) is 0 Å². The fourth-order valence-corrected chi connectivity index (χ4v) is 5.40. The number of aromatic nitrogens is 3. The molecular formula is C19H23N5O3S3. The highest BCUT2D eigenvalue weighted by Gasteiger charge is 2.20. The lowest BCUT2D eigenvalue weighted by Gasteiger charge is -2.13. The van der Waals surface area contributed by atoms with Crippen LogP contribution in [-0.2, 0) is 21.9 Å². The highest BCUT2D eigenvalue weighted by molar-refractivity contribution is 8.00. The zero-order chi connectivity index (χ0) is 21.9. The fourth-order valence-electron chi connectivity index (χ4n) is 2.59. The van der Waals surface area contributed by atoms with E-state index in [1.54, 1.807) is 44.2 Å². The number of carbonyl (C=O) groups is 1. The molecular weight excluding hydrogens is 442 g/mol. The Bertz CT molecular complexity index is 1110. The van der Waals surface area contributed by atoms with E-state index in [1.807, 2.05) is 29.1 Å². The predicted octanol–water partition coefficient (Wildman–Crippen LogP) is 3.35. The number of nitrogens with one attached hydrogen (secondary N) is 2. The third kappa shape index (κ3) is 5.28. The van der Waals surface area contributed by atoms with Crippen LogP contribution >= 0.6 is 23.1 Å². The molecule has 1 unspecified atom stereocenters. The fraction of sp³-hybridized carbons (Fsp3) is 0.316. The molecule has 0 saturated carbocycles. The van der Waals surface area contributed by atoms with E-state index in [0.29, 0.717) is 10.8 Å². The second kappa shape index (κ2) is 9.29. The number of benzene rings is 1. The molecule has 2 aromatic heterocycles. The van der Waals surface area contributed by atoms with Crippen molar-refractivity contribution in [2.45, 2.75) is 42.1 Å². The lowest BCUT2D eigenvalue weighted by molar-refractivity contribution is -0.115. The van der Waals surface area contributed by atoms with Crippen molar-refractivity contribution in [2.75, 3.05) is 5.32 Å². The Kier molecular flexibility index (Phi) is 6.96. The zero-order valence-electron chi connectivity index (χ0n) is 17.0. The highest BCUT2D eigenvalue weighted by Crippen LogP contribution is 2.28. The van der Waals surface area contributed by atoms with Gasteiger partial charge in [-0.1, -0.05) is 17.8 Å². The molecule has 3 aromatic rings. The number of thioether (sulfide) groups is 1. The van der Waals surface area contributed by atoms with Crippen molar-refractivity contribution in [1.82, 2.24) is 19.5 Å². The first-order valence-electron chi connectivity index (χ1n) is 9.20. The van der Waals surface area contributed by atoms with Gasteiger partial charge in [0.05, 0.1) is 15.0 Å². The number of hydrogen-bond donors (Lipinski definition) is 2. The minimum atomic E-state index is -3.57. The first-order valence-corrected chi connectivity index (χ1v) is 12.4. The van der Waals surface area contributed by atoms with Crippen molar-refractivity contribution in [3.63, 3.8) is 0 Å². The van der Waals surface area contributed by atoms with Gasteiger partial charge >= 0.3 is 0 Å². The number of rotatable bonds is 8. The summed E-state index contributed by atoms with van der Waals surface area (Å²) in [5, 5.41) is 13.4. The van der Waals surface area contributed by atoms with Gasteiger partial charge in [0.2, 0.25) is 15.9 Å².